The van der Waals surface area contributed by atoms with Gasteiger partial charge in [0.15, 0.2) is 0 Å². The Balaban J connectivity index is 2.29. The SMILES string of the molecule is CC1C=CC2=C(C1)C(C)(C)c1cccc(Br)c12. The van der Waals surface area contributed by atoms with Crippen molar-refractivity contribution in [3.8, 4) is 0 Å². The van der Waals surface area contributed by atoms with E-state index in [1.165, 1.54) is 27.6 Å². The van der Waals surface area contributed by atoms with Crippen LogP contribution in [0.3, 0.4) is 0 Å². The minimum absolute atomic E-state index is 0.188. The van der Waals surface area contributed by atoms with Crippen LogP contribution in [-0.4, -0.2) is 0 Å². The van der Waals surface area contributed by atoms with Crippen molar-refractivity contribution in [1.29, 1.82) is 0 Å². The molecule has 1 atom stereocenters. The van der Waals surface area contributed by atoms with Gasteiger partial charge in [-0.2, -0.15) is 0 Å². The van der Waals surface area contributed by atoms with Gasteiger partial charge in [0.1, 0.15) is 0 Å². The van der Waals surface area contributed by atoms with Crippen molar-refractivity contribution in [2.75, 3.05) is 0 Å². The third-order valence-corrected chi connectivity index (χ3v) is 4.81. The summed E-state index contributed by atoms with van der Waals surface area (Å²) in [5.41, 5.74) is 6.13. The molecule has 17 heavy (non-hydrogen) atoms. The molecule has 88 valence electrons. The molecule has 0 spiro atoms. The Bertz CT molecular complexity index is 547. The number of rotatable bonds is 0. The second-order valence-corrected chi connectivity index (χ2v) is 6.57. The maximum atomic E-state index is 3.71. The molecule has 0 fully saturated rings. The van der Waals surface area contributed by atoms with Crippen LogP contribution in [0, 0.1) is 5.92 Å². The lowest BCUT2D eigenvalue weighted by Crippen LogP contribution is -2.19. The van der Waals surface area contributed by atoms with E-state index in [9.17, 15) is 0 Å². The van der Waals surface area contributed by atoms with Crippen molar-refractivity contribution in [2.24, 2.45) is 5.92 Å². The standard InChI is InChI=1S/C16H17Br/c1-10-7-8-11-13(9-10)16(2,3)12-5-4-6-14(17)15(11)12/h4-8,10H,9H2,1-3H3. The lowest BCUT2D eigenvalue weighted by molar-refractivity contribution is 0.566. The number of allylic oxidation sites excluding steroid dienone is 4. The summed E-state index contributed by atoms with van der Waals surface area (Å²) in [6.07, 6.45) is 5.85. The Morgan fingerprint density at radius 1 is 1.29 bits per heavy atom. The van der Waals surface area contributed by atoms with Crippen LogP contribution in [0.1, 0.15) is 38.3 Å². The van der Waals surface area contributed by atoms with E-state index in [1.807, 2.05) is 0 Å². The third-order valence-electron chi connectivity index (χ3n) is 4.15. The highest BCUT2D eigenvalue weighted by Gasteiger charge is 2.38. The number of halogens is 1. The number of hydrogen-bond donors (Lipinski definition) is 0. The van der Waals surface area contributed by atoms with Crippen molar-refractivity contribution in [3.63, 3.8) is 0 Å². The molecule has 0 bridgehead atoms. The van der Waals surface area contributed by atoms with Crippen LogP contribution >= 0.6 is 15.9 Å². The first kappa shape index (κ1) is 11.3. The van der Waals surface area contributed by atoms with Gasteiger partial charge in [-0.25, -0.2) is 0 Å². The molecule has 1 aromatic carbocycles. The molecule has 1 aromatic rings. The van der Waals surface area contributed by atoms with Crippen LogP contribution in [0.2, 0.25) is 0 Å². The van der Waals surface area contributed by atoms with Gasteiger partial charge in [0, 0.05) is 9.89 Å². The summed E-state index contributed by atoms with van der Waals surface area (Å²) in [7, 11) is 0. The van der Waals surface area contributed by atoms with Gasteiger partial charge < -0.3 is 0 Å². The maximum Gasteiger partial charge on any atom is 0.0256 e. The van der Waals surface area contributed by atoms with Crippen LogP contribution in [-0.2, 0) is 5.41 Å². The van der Waals surface area contributed by atoms with Crippen LogP contribution in [0.25, 0.3) is 5.57 Å². The molecule has 0 aliphatic heterocycles. The highest BCUT2D eigenvalue weighted by Crippen LogP contribution is 2.52. The van der Waals surface area contributed by atoms with Gasteiger partial charge in [0.25, 0.3) is 0 Å². The third kappa shape index (κ3) is 1.48. The fourth-order valence-corrected chi connectivity index (χ4v) is 3.75. The summed E-state index contributed by atoms with van der Waals surface area (Å²) in [5, 5.41) is 0. The molecule has 2 aliphatic carbocycles. The molecule has 0 saturated heterocycles. The largest absolute Gasteiger partial charge is 0.0808 e. The molecule has 0 nitrogen and oxygen atoms in total. The number of fused-ring (bicyclic) bond motifs is 2. The molecule has 0 radical (unpaired) electrons. The molecule has 0 N–H and O–H groups in total. The molecular formula is C16H17Br. The van der Waals surface area contributed by atoms with Crippen LogP contribution in [0.4, 0.5) is 0 Å². The van der Waals surface area contributed by atoms with E-state index in [2.05, 4.69) is 67.1 Å². The summed E-state index contributed by atoms with van der Waals surface area (Å²) >= 11 is 3.71. The Labute approximate surface area is 112 Å². The molecule has 0 aromatic heterocycles. The van der Waals surface area contributed by atoms with Crippen LogP contribution in [0.15, 0.2) is 40.4 Å². The van der Waals surface area contributed by atoms with Crippen molar-refractivity contribution in [2.45, 2.75) is 32.6 Å². The highest BCUT2D eigenvalue weighted by molar-refractivity contribution is 9.10. The summed E-state index contributed by atoms with van der Waals surface area (Å²) in [6, 6.07) is 6.57. The first-order valence-electron chi connectivity index (χ1n) is 6.23. The predicted octanol–water partition coefficient (Wildman–Crippen LogP) is 5.09. The molecule has 1 heteroatoms. The topological polar surface area (TPSA) is 0 Å². The molecule has 3 rings (SSSR count). The maximum absolute atomic E-state index is 3.71. The zero-order valence-electron chi connectivity index (χ0n) is 10.5. The van der Waals surface area contributed by atoms with Crippen molar-refractivity contribution in [1.82, 2.24) is 0 Å². The van der Waals surface area contributed by atoms with Gasteiger partial charge in [0.05, 0.1) is 0 Å². The highest BCUT2D eigenvalue weighted by atomic mass is 79.9. The Hall–Kier alpha value is -0.820. The summed E-state index contributed by atoms with van der Waals surface area (Å²) in [6.45, 7) is 7.01. The number of benzene rings is 1. The van der Waals surface area contributed by atoms with E-state index >= 15 is 0 Å². The lowest BCUT2D eigenvalue weighted by Gasteiger charge is -2.27. The monoisotopic (exact) mass is 288 g/mol. The van der Waals surface area contributed by atoms with E-state index < -0.39 is 0 Å². The quantitative estimate of drug-likeness (QED) is 0.624. The molecule has 0 saturated carbocycles. The Kier molecular flexibility index (Phi) is 2.38. The van der Waals surface area contributed by atoms with Crippen LogP contribution < -0.4 is 0 Å². The van der Waals surface area contributed by atoms with Gasteiger partial charge >= 0.3 is 0 Å². The predicted molar refractivity (Wildman–Crippen MR) is 77.0 cm³/mol. The summed E-state index contributed by atoms with van der Waals surface area (Å²) < 4.78 is 1.23. The molecule has 0 heterocycles. The van der Waals surface area contributed by atoms with Crippen molar-refractivity contribution in [3.05, 3.63) is 51.5 Å². The Morgan fingerprint density at radius 2 is 2.06 bits per heavy atom. The second-order valence-electron chi connectivity index (χ2n) is 5.72. The van der Waals surface area contributed by atoms with Crippen molar-refractivity contribution < 1.29 is 0 Å². The zero-order valence-corrected chi connectivity index (χ0v) is 12.1. The van der Waals surface area contributed by atoms with Gasteiger partial charge in [-0.1, -0.05) is 66.6 Å². The fraction of sp³-hybridized carbons (Fsp3) is 0.375. The minimum atomic E-state index is 0.188. The first-order valence-corrected chi connectivity index (χ1v) is 7.02. The van der Waals surface area contributed by atoms with Crippen LogP contribution in [0.5, 0.6) is 0 Å². The molecule has 2 aliphatic rings. The summed E-state index contributed by atoms with van der Waals surface area (Å²) in [5.74, 6) is 0.668. The van der Waals surface area contributed by atoms with Gasteiger partial charge in [-0.05, 0) is 35.1 Å². The Morgan fingerprint density at radius 3 is 2.82 bits per heavy atom. The minimum Gasteiger partial charge on any atom is -0.0808 e. The number of hydrogen-bond acceptors (Lipinski definition) is 0. The smallest absolute Gasteiger partial charge is 0.0256 e. The molecule has 0 amide bonds. The summed E-state index contributed by atoms with van der Waals surface area (Å²) in [4.78, 5) is 0. The molecule has 1 unspecified atom stereocenters. The van der Waals surface area contributed by atoms with Gasteiger partial charge in [-0.3, -0.25) is 0 Å². The normalized spacial score (nSPS) is 24.8. The zero-order chi connectivity index (χ0) is 12.2. The van der Waals surface area contributed by atoms with Crippen molar-refractivity contribution >= 4 is 21.5 Å². The lowest BCUT2D eigenvalue weighted by atomic mass is 9.77. The second kappa shape index (κ2) is 3.58. The van der Waals surface area contributed by atoms with E-state index in [-0.39, 0.29) is 5.41 Å². The van der Waals surface area contributed by atoms with E-state index in [1.54, 1.807) is 5.57 Å². The molecular weight excluding hydrogens is 272 g/mol. The van der Waals surface area contributed by atoms with E-state index in [4.69, 9.17) is 0 Å². The van der Waals surface area contributed by atoms with E-state index in [0.717, 1.165) is 0 Å². The van der Waals surface area contributed by atoms with Gasteiger partial charge in [0.2, 0.25) is 0 Å². The first-order chi connectivity index (χ1) is 8.01. The van der Waals surface area contributed by atoms with Gasteiger partial charge in [-0.15, -0.1) is 0 Å². The average Bonchev–Trinajstić information content (AvgIpc) is 2.50. The fourth-order valence-electron chi connectivity index (χ4n) is 3.17. The average molecular weight is 289 g/mol. The van der Waals surface area contributed by atoms with E-state index in [0.29, 0.717) is 5.92 Å².